The molecule has 0 saturated carbocycles. The monoisotopic (exact) mass is 335 g/mol. The Bertz CT molecular complexity index is 890. The molecule has 112 valence electrons. The van der Waals surface area contributed by atoms with Gasteiger partial charge in [0.1, 0.15) is 0 Å². The molecule has 2 N–H and O–H groups in total. The zero-order chi connectivity index (χ0) is 15.9. The number of halogens is 2. The number of carbonyl (C=O) groups is 1. The highest BCUT2D eigenvalue weighted by Gasteiger charge is 2.12. The minimum Gasteiger partial charge on any atom is -0.478 e. The molecule has 1 heterocycles. The average molecular weight is 336 g/mol. The van der Waals surface area contributed by atoms with E-state index in [0.717, 1.165) is 0 Å². The molecule has 2 aromatic carbocycles. The maximum atomic E-state index is 11.1. The molecule has 0 radical (unpaired) electrons. The van der Waals surface area contributed by atoms with E-state index in [9.17, 15) is 4.79 Å². The maximum Gasteiger partial charge on any atom is 0.335 e. The summed E-state index contributed by atoms with van der Waals surface area (Å²) >= 11 is 12.1. The van der Waals surface area contributed by atoms with Crippen LogP contribution in [0, 0.1) is 0 Å². The van der Waals surface area contributed by atoms with Crippen molar-refractivity contribution >= 4 is 51.8 Å². The Morgan fingerprint density at radius 2 is 2.05 bits per heavy atom. The van der Waals surface area contributed by atoms with E-state index in [0.29, 0.717) is 32.7 Å². The lowest BCUT2D eigenvalue weighted by molar-refractivity contribution is 0.0697. The molecule has 7 heteroatoms. The second-order valence-corrected chi connectivity index (χ2v) is 5.51. The van der Waals surface area contributed by atoms with Crippen molar-refractivity contribution in [2.45, 2.75) is 0 Å². The van der Waals surface area contributed by atoms with Crippen LogP contribution in [0.2, 0.25) is 10.0 Å². The molecule has 3 rings (SSSR count). The molecule has 0 aliphatic rings. The number of nitrogens with zero attached hydrogens (tertiary/aromatic N) is 2. The third-order valence-electron chi connectivity index (χ3n) is 3.33. The summed E-state index contributed by atoms with van der Waals surface area (Å²) in [5.41, 5.74) is 2.24. The highest BCUT2D eigenvalue weighted by Crippen LogP contribution is 2.32. The normalized spacial score (nSPS) is 10.9. The summed E-state index contributed by atoms with van der Waals surface area (Å²) in [6, 6.07) is 10.0. The molecular formula is C15H11Cl2N3O2. The third kappa shape index (κ3) is 2.49. The number of aromatic carboxylic acids is 1. The van der Waals surface area contributed by atoms with Crippen molar-refractivity contribution in [3.05, 3.63) is 52.0 Å². The summed E-state index contributed by atoms with van der Waals surface area (Å²) in [6.07, 6.45) is 0. The number of nitrogens with one attached hydrogen (secondary N) is 1. The maximum absolute atomic E-state index is 11.1. The van der Waals surface area contributed by atoms with Crippen molar-refractivity contribution in [1.82, 2.24) is 9.55 Å². The topological polar surface area (TPSA) is 67.2 Å². The average Bonchev–Trinajstić information content (AvgIpc) is 2.80. The first-order valence-corrected chi connectivity index (χ1v) is 7.14. The Kier molecular flexibility index (Phi) is 3.68. The van der Waals surface area contributed by atoms with E-state index in [1.807, 2.05) is 0 Å². The van der Waals surface area contributed by atoms with Crippen LogP contribution >= 0.6 is 23.2 Å². The van der Waals surface area contributed by atoms with Crippen LogP contribution < -0.4 is 5.32 Å². The number of imidazole rings is 1. The molecule has 0 aliphatic carbocycles. The fourth-order valence-corrected chi connectivity index (χ4v) is 2.50. The number of hydrogen-bond acceptors (Lipinski definition) is 3. The van der Waals surface area contributed by atoms with Crippen molar-refractivity contribution in [2.75, 3.05) is 5.32 Å². The van der Waals surface area contributed by atoms with Crippen LogP contribution in [0.4, 0.5) is 11.6 Å². The van der Waals surface area contributed by atoms with Crippen molar-refractivity contribution in [2.24, 2.45) is 7.05 Å². The molecule has 0 saturated heterocycles. The van der Waals surface area contributed by atoms with Gasteiger partial charge in [0.25, 0.3) is 0 Å². The van der Waals surface area contributed by atoms with Crippen LogP contribution in [-0.2, 0) is 7.05 Å². The summed E-state index contributed by atoms with van der Waals surface area (Å²) in [5.74, 6) is -0.433. The number of benzene rings is 2. The van der Waals surface area contributed by atoms with Gasteiger partial charge in [-0.05, 0) is 30.3 Å². The van der Waals surface area contributed by atoms with Gasteiger partial charge in [-0.2, -0.15) is 0 Å². The summed E-state index contributed by atoms with van der Waals surface area (Å²) in [5, 5.41) is 13.0. The molecule has 0 bridgehead atoms. The molecule has 0 atom stereocenters. The fraction of sp³-hybridized carbons (Fsp3) is 0.0667. The minimum absolute atomic E-state index is 0.211. The molecular weight excluding hydrogens is 325 g/mol. The van der Waals surface area contributed by atoms with Crippen molar-refractivity contribution in [1.29, 1.82) is 0 Å². The van der Waals surface area contributed by atoms with E-state index >= 15 is 0 Å². The van der Waals surface area contributed by atoms with Crippen molar-refractivity contribution < 1.29 is 9.90 Å². The van der Waals surface area contributed by atoms with E-state index < -0.39 is 5.97 Å². The Labute approximate surface area is 136 Å². The van der Waals surface area contributed by atoms with Gasteiger partial charge in [0.2, 0.25) is 5.95 Å². The number of carboxylic acid groups (broad SMARTS) is 1. The molecule has 1 aromatic heterocycles. The summed E-state index contributed by atoms with van der Waals surface area (Å²) in [4.78, 5) is 15.5. The summed E-state index contributed by atoms with van der Waals surface area (Å²) in [6.45, 7) is 0. The van der Waals surface area contributed by atoms with E-state index in [2.05, 4.69) is 10.3 Å². The number of hydrogen-bond donors (Lipinski definition) is 2. The zero-order valence-electron chi connectivity index (χ0n) is 11.5. The Morgan fingerprint density at radius 3 is 2.77 bits per heavy atom. The largest absolute Gasteiger partial charge is 0.478 e. The first-order chi connectivity index (χ1) is 10.5. The van der Waals surface area contributed by atoms with E-state index in [4.69, 9.17) is 28.3 Å². The lowest BCUT2D eigenvalue weighted by atomic mass is 10.2. The standard InChI is InChI=1S/C15H11Cl2N3O2/c1-20-12-7-8(14(21)22)5-6-10(12)18-15(20)19-11-4-2-3-9(16)13(11)17/h2-7H,1H3,(H,18,19)(H,21,22). The van der Waals surface area contributed by atoms with Crippen LogP contribution in [0.3, 0.4) is 0 Å². The van der Waals surface area contributed by atoms with E-state index in [-0.39, 0.29) is 5.56 Å². The quantitative estimate of drug-likeness (QED) is 0.747. The van der Waals surface area contributed by atoms with Crippen molar-refractivity contribution in [3.63, 3.8) is 0 Å². The highest BCUT2D eigenvalue weighted by molar-refractivity contribution is 6.43. The predicted molar refractivity (Wildman–Crippen MR) is 87.4 cm³/mol. The van der Waals surface area contributed by atoms with E-state index in [1.54, 1.807) is 41.9 Å². The predicted octanol–water partition coefficient (Wildman–Crippen LogP) is 4.32. The molecule has 0 unspecified atom stereocenters. The SMILES string of the molecule is Cn1c(Nc2cccc(Cl)c2Cl)nc2ccc(C(=O)O)cc21. The number of aromatic nitrogens is 2. The molecule has 0 fully saturated rings. The van der Waals surface area contributed by atoms with Gasteiger partial charge in [-0.15, -0.1) is 0 Å². The Balaban J connectivity index is 2.06. The van der Waals surface area contributed by atoms with Gasteiger partial charge in [0.15, 0.2) is 0 Å². The van der Waals surface area contributed by atoms with Crippen LogP contribution in [0.5, 0.6) is 0 Å². The Hall–Kier alpha value is -2.24. The molecule has 22 heavy (non-hydrogen) atoms. The second kappa shape index (κ2) is 5.51. The Morgan fingerprint density at radius 1 is 1.27 bits per heavy atom. The smallest absolute Gasteiger partial charge is 0.335 e. The molecule has 0 spiro atoms. The lowest BCUT2D eigenvalue weighted by Crippen LogP contribution is -2.00. The van der Waals surface area contributed by atoms with Gasteiger partial charge in [-0.25, -0.2) is 9.78 Å². The van der Waals surface area contributed by atoms with Crippen molar-refractivity contribution in [3.8, 4) is 0 Å². The number of fused-ring (bicyclic) bond motifs is 1. The number of rotatable bonds is 3. The van der Waals surface area contributed by atoms with Crippen LogP contribution in [0.1, 0.15) is 10.4 Å². The summed E-state index contributed by atoms with van der Waals surface area (Å²) in [7, 11) is 1.79. The summed E-state index contributed by atoms with van der Waals surface area (Å²) < 4.78 is 1.76. The van der Waals surface area contributed by atoms with Crippen LogP contribution in [-0.4, -0.2) is 20.6 Å². The first-order valence-electron chi connectivity index (χ1n) is 6.38. The van der Waals surface area contributed by atoms with Gasteiger partial charge in [0, 0.05) is 7.05 Å². The minimum atomic E-state index is -0.976. The molecule has 5 nitrogen and oxygen atoms in total. The van der Waals surface area contributed by atoms with Gasteiger partial charge in [-0.3, -0.25) is 0 Å². The zero-order valence-corrected chi connectivity index (χ0v) is 13.0. The molecule has 0 aliphatic heterocycles. The van der Waals surface area contributed by atoms with Gasteiger partial charge < -0.3 is 15.0 Å². The third-order valence-corrected chi connectivity index (χ3v) is 4.14. The second-order valence-electron chi connectivity index (χ2n) is 4.73. The molecule has 3 aromatic rings. The number of anilines is 2. The lowest BCUT2D eigenvalue weighted by Gasteiger charge is -2.08. The van der Waals surface area contributed by atoms with Gasteiger partial charge in [-0.1, -0.05) is 29.3 Å². The van der Waals surface area contributed by atoms with Crippen LogP contribution in [0.15, 0.2) is 36.4 Å². The highest BCUT2D eigenvalue weighted by atomic mass is 35.5. The van der Waals surface area contributed by atoms with E-state index in [1.165, 1.54) is 6.07 Å². The van der Waals surface area contributed by atoms with Gasteiger partial charge >= 0.3 is 5.97 Å². The van der Waals surface area contributed by atoms with Gasteiger partial charge in [0.05, 0.1) is 32.3 Å². The number of aryl methyl sites for hydroxylation is 1. The number of carboxylic acids is 1. The molecule has 0 amide bonds. The first kappa shape index (κ1) is 14.7. The van der Waals surface area contributed by atoms with Crippen LogP contribution in [0.25, 0.3) is 11.0 Å². The fourth-order valence-electron chi connectivity index (χ4n) is 2.16.